The number of rotatable bonds is 8. The van der Waals surface area contributed by atoms with Crippen molar-refractivity contribution in [3.05, 3.63) is 0 Å². The Hall–Kier alpha value is -0.820. The molecule has 7 heteroatoms. The van der Waals surface area contributed by atoms with E-state index in [0.29, 0.717) is 6.54 Å². The molecule has 1 aliphatic rings. The summed E-state index contributed by atoms with van der Waals surface area (Å²) in [6.45, 7) is 4.80. The Labute approximate surface area is 117 Å². The van der Waals surface area contributed by atoms with Crippen LogP contribution in [0, 0.1) is 0 Å². The number of hydrogen-bond donors (Lipinski definition) is 1. The number of ether oxygens (including phenoxy) is 1. The van der Waals surface area contributed by atoms with E-state index in [4.69, 9.17) is 4.74 Å². The summed E-state index contributed by atoms with van der Waals surface area (Å²) in [6, 6.07) is -0.0796. The van der Waals surface area contributed by atoms with Gasteiger partial charge in [0.25, 0.3) is 0 Å². The van der Waals surface area contributed by atoms with Crippen LogP contribution in [-0.2, 0) is 9.53 Å². The fraction of sp³-hybridized carbons (Fsp3) is 0.923. The monoisotopic (exact) mass is 296 g/mol. The van der Waals surface area contributed by atoms with E-state index < -0.39 is 24.2 Å². The SMILES string of the molecule is CCNC(C)(CN(CC(F)(F)F)C1CC1)C(=O)OCC. The number of halogens is 3. The zero-order valence-electron chi connectivity index (χ0n) is 12.2. The fourth-order valence-electron chi connectivity index (χ4n) is 2.26. The normalized spacial score (nSPS) is 18.9. The maximum atomic E-state index is 12.6. The lowest BCUT2D eigenvalue weighted by molar-refractivity contribution is -0.160. The molecule has 1 unspecified atom stereocenters. The Kier molecular flexibility index (Phi) is 5.82. The van der Waals surface area contributed by atoms with Gasteiger partial charge in [0.05, 0.1) is 13.2 Å². The third kappa shape index (κ3) is 5.28. The summed E-state index contributed by atoms with van der Waals surface area (Å²) in [6.07, 6.45) is -2.76. The molecule has 1 aliphatic carbocycles. The number of esters is 1. The molecule has 0 amide bonds. The van der Waals surface area contributed by atoms with Gasteiger partial charge in [-0.05, 0) is 33.2 Å². The predicted molar refractivity (Wildman–Crippen MR) is 69.4 cm³/mol. The Bertz CT molecular complexity index is 332. The Morgan fingerprint density at radius 1 is 1.30 bits per heavy atom. The number of alkyl halides is 3. The smallest absolute Gasteiger partial charge is 0.401 e. The molecule has 0 aromatic heterocycles. The van der Waals surface area contributed by atoms with Crippen LogP contribution < -0.4 is 5.32 Å². The van der Waals surface area contributed by atoms with Crippen LogP contribution in [-0.4, -0.2) is 54.9 Å². The van der Waals surface area contributed by atoms with Crippen LogP contribution in [0.3, 0.4) is 0 Å². The van der Waals surface area contributed by atoms with Crippen molar-refractivity contribution in [2.75, 3.05) is 26.2 Å². The van der Waals surface area contributed by atoms with Gasteiger partial charge in [0.15, 0.2) is 0 Å². The molecule has 0 heterocycles. The summed E-state index contributed by atoms with van der Waals surface area (Å²) in [5, 5.41) is 2.96. The van der Waals surface area contributed by atoms with Crippen molar-refractivity contribution in [1.82, 2.24) is 10.2 Å². The van der Waals surface area contributed by atoms with Gasteiger partial charge >= 0.3 is 12.1 Å². The van der Waals surface area contributed by atoms with E-state index in [0.717, 1.165) is 12.8 Å². The standard InChI is InChI=1S/C13H23F3N2O2/c1-4-17-12(3,11(19)20-5-2)8-18(10-6-7-10)9-13(14,15)16/h10,17H,4-9H2,1-3H3. The van der Waals surface area contributed by atoms with Gasteiger partial charge in [-0.2, -0.15) is 13.2 Å². The Morgan fingerprint density at radius 2 is 1.90 bits per heavy atom. The van der Waals surface area contributed by atoms with Gasteiger partial charge in [-0.1, -0.05) is 6.92 Å². The summed E-state index contributed by atoms with van der Waals surface area (Å²) >= 11 is 0. The molecular formula is C13H23F3N2O2. The van der Waals surface area contributed by atoms with Crippen LogP contribution in [0.1, 0.15) is 33.6 Å². The molecule has 1 atom stereocenters. The van der Waals surface area contributed by atoms with Crippen LogP contribution in [0.15, 0.2) is 0 Å². The molecule has 0 spiro atoms. The Balaban J connectivity index is 2.77. The van der Waals surface area contributed by atoms with Crippen molar-refractivity contribution >= 4 is 5.97 Å². The van der Waals surface area contributed by atoms with Gasteiger partial charge in [-0.3, -0.25) is 9.69 Å². The highest BCUT2D eigenvalue weighted by Gasteiger charge is 2.44. The summed E-state index contributed by atoms with van der Waals surface area (Å²) in [7, 11) is 0. The van der Waals surface area contributed by atoms with E-state index in [9.17, 15) is 18.0 Å². The molecule has 1 fully saturated rings. The van der Waals surface area contributed by atoms with E-state index in [1.165, 1.54) is 4.90 Å². The van der Waals surface area contributed by atoms with E-state index in [2.05, 4.69) is 5.32 Å². The lowest BCUT2D eigenvalue weighted by Crippen LogP contribution is -2.59. The molecule has 0 bridgehead atoms. The van der Waals surface area contributed by atoms with Crippen LogP contribution in [0.25, 0.3) is 0 Å². The van der Waals surface area contributed by atoms with Gasteiger partial charge in [0, 0.05) is 12.6 Å². The van der Waals surface area contributed by atoms with Crippen LogP contribution in [0.4, 0.5) is 13.2 Å². The van der Waals surface area contributed by atoms with Crippen molar-refractivity contribution in [1.29, 1.82) is 0 Å². The number of carbonyl (C=O) groups is 1. The zero-order chi connectivity index (χ0) is 15.4. The quantitative estimate of drug-likeness (QED) is 0.695. The van der Waals surface area contributed by atoms with Crippen molar-refractivity contribution in [2.45, 2.75) is 51.4 Å². The largest absolute Gasteiger partial charge is 0.465 e. The van der Waals surface area contributed by atoms with Crippen molar-refractivity contribution in [3.63, 3.8) is 0 Å². The first-order chi connectivity index (χ1) is 9.22. The Morgan fingerprint density at radius 3 is 2.30 bits per heavy atom. The summed E-state index contributed by atoms with van der Waals surface area (Å²) in [5.74, 6) is -0.505. The molecule has 0 aromatic rings. The van der Waals surface area contributed by atoms with Crippen molar-refractivity contribution in [2.24, 2.45) is 0 Å². The number of nitrogens with zero attached hydrogens (tertiary/aromatic N) is 1. The summed E-state index contributed by atoms with van der Waals surface area (Å²) in [4.78, 5) is 13.3. The molecule has 0 aromatic carbocycles. The first kappa shape index (κ1) is 17.2. The van der Waals surface area contributed by atoms with Gasteiger partial charge < -0.3 is 10.1 Å². The number of nitrogens with one attached hydrogen (secondary N) is 1. The topological polar surface area (TPSA) is 41.6 Å². The van der Waals surface area contributed by atoms with Gasteiger partial charge in [-0.25, -0.2) is 0 Å². The second-order valence-electron chi connectivity index (χ2n) is 5.33. The van der Waals surface area contributed by atoms with Gasteiger partial charge in [0.1, 0.15) is 5.54 Å². The minimum absolute atomic E-state index is 0.00382. The molecule has 1 saturated carbocycles. The first-order valence-corrected chi connectivity index (χ1v) is 6.95. The zero-order valence-corrected chi connectivity index (χ0v) is 12.2. The second-order valence-corrected chi connectivity index (χ2v) is 5.33. The average molecular weight is 296 g/mol. The van der Waals surface area contributed by atoms with Crippen molar-refractivity contribution < 1.29 is 22.7 Å². The molecule has 118 valence electrons. The van der Waals surface area contributed by atoms with E-state index in [-0.39, 0.29) is 19.2 Å². The maximum absolute atomic E-state index is 12.6. The highest BCUT2D eigenvalue weighted by Crippen LogP contribution is 2.31. The summed E-state index contributed by atoms with van der Waals surface area (Å²) in [5.41, 5.74) is -1.11. The highest BCUT2D eigenvalue weighted by molar-refractivity contribution is 5.80. The molecule has 4 nitrogen and oxygen atoms in total. The third-order valence-electron chi connectivity index (χ3n) is 3.26. The molecule has 1 N–H and O–H groups in total. The maximum Gasteiger partial charge on any atom is 0.401 e. The van der Waals surface area contributed by atoms with Gasteiger partial charge in [-0.15, -0.1) is 0 Å². The number of carbonyl (C=O) groups excluding carboxylic acids is 1. The molecule has 0 radical (unpaired) electrons. The first-order valence-electron chi connectivity index (χ1n) is 6.95. The van der Waals surface area contributed by atoms with Crippen LogP contribution in [0.5, 0.6) is 0 Å². The fourth-order valence-corrected chi connectivity index (χ4v) is 2.26. The van der Waals surface area contributed by atoms with Crippen LogP contribution >= 0.6 is 0 Å². The van der Waals surface area contributed by atoms with Gasteiger partial charge in [0.2, 0.25) is 0 Å². The second kappa shape index (κ2) is 6.76. The minimum Gasteiger partial charge on any atom is -0.465 e. The van der Waals surface area contributed by atoms with E-state index >= 15 is 0 Å². The molecule has 20 heavy (non-hydrogen) atoms. The van der Waals surface area contributed by atoms with Crippen molar-refractivity contribution in [3.8, 4) is 0 Å². The molecule has 0 saturated heterocycles. The van der Waals surface area contributed by atoms with E-state index in [1.54, 1.807) is 13.8 Å². The lowest BCUT2D eigenvalue weighted by Gasteiger charge is -2.34. The van der Waals surface area contributed by atoms with E-state index in [1.807, 2.05) is 6.92 Å². The molecule has 1 rings (SSSR count). The summed E-state index contributed by atoms with van der Waals surface area (Å²) < 4.78 is 42.9. The average Bonchev–Trinajstić information content (AvgIpc) is 3.10. The predicted octanol–water partition coefficient (Wildman–Crippen LogP) is 1.94. The molecular weight excluding hydrogens is 273 g/mol. The minimum atomic E-state index is -4.26. The lowest BCUT2D eigenvalue weighted by atomic mass is 10.0. The third-order valence-corrected chi connectivity index (χ3v) is 3.26. The highest BCUT2D eigenvalue weighted by atomic mass is 19.4. The number of likely N-dealkylation sites (N-methyl/N-ethyl adjacent to an activating group) is 1. The number of hydrogen-bond acceptors (Lipinski definition) is 4. The molecule has 0 aliphatic heterocycles. The van der Waals surface area contributed by atoms with Crippen LogP contribution in [0.2, 0.25) is 0 Å².